The highest BCUT2D eigenvalue weighted by Gasteiger charge is 2.30. The first kappa shape index (κ1) is 20.5. The molecule has 8 heteroatoms. The van der Waals surface area contributed by atoms with E-state index in [1.165, 1.54) is 18.3 Å². The molecule has 0 aliphatic carbocycles. The first-order chi connectivity index (χ1) is 14.9. The van der Waals surface area contributed by atoms with E-state index in [-0.39, 0.29) is 0 Å². The molecule has 158 valence electrons. The van der Waals surface area contributed by atoms with Crippen molar-refractivity contribution in [2.75, 3.05) is 12.0 Å². The number of methoxy groups -OCH3 is 1. The number of halogens is 3. The van der Waals surface area contributed by atoms with Crippen LogP contribution >= 0.6 is 0 Å². The van der Waals surface area contributed by atoms with Gasteiger partial charge < -0.3 is 9.15 Å². The number of benzene rings is 2. The SMILES string of the molecule is COc1ccc(CN(c2cccnc2)c2ncc(-c3ccc(C(F)(F)F)cc3)o2)cc1. The van der Waals surface area contributed by atoms with E-state index in [1.807, 2.05) is 35.2 Å². The minimum Gasteiger partial charge on any atom is -0.497 e. The number of rotatable bonds is 6. The Hall–Kier alpha value is -3.81. The smallest absolute Gasteiger partial charge is 0.416 e. The van der Waals surface area contributed by atoms with Gasteiger partial charge in [-0.3, -0.25) is 9.88 Å². The molecule has 2 heterocycles. The summed E-state index contributed by atoms with van der Waals surface area (Å²) in [5.41, 5.74) is 1.54. The fraction of sp³-hybridized carbons (Fsp3) is 0.130. The van der Waals surface area contributed by atoms with Crippen molar-refractivity contribution in [3.63, 3.8) is 0 Å². The van der Waals surface area contributed by atoms with Crippen LogP contribution in [0.1, 0.15) is 11.1 Å². The molecule has 2 aromatic carbocycles. The molecular formula is C23H18F3N3O2. The monoisotopic (exact) mass is 425 g/mol. The zero-order valence-electron chi connectivity index (χ0n) is 16.5. The molecule has 0 radical (unpaired) electrons. The highest BCUT2D eigenvalue weighted by molar-refractivity contribution is 5.61. The summed E-state index contributed by atoms with van der Waals surface area (Å²) >= 11 is 0. The predicted octanol–water partition coefficient (Wildman–Crippen LogP) is 6.10. The van der Waals surface area contributed by atoms with Gasteiger partial charge in [0.2, 0.25) is 0 Å². The van der Waals surface area contributed by atoms with E-state index in [2.05, 4.69) is 9.97 Å². The number of pyridine rings is 1. The molecule has 0 atom stereocenters. The van der Waals surface area contributed by atoms with Gasteiger partial charge in [0, 0.05) is 11.8 Å². The van der Waals surface area contributed by atoms with Gasteiger partial charge in [0.1, 0.15) is 5.75 Å². The summed E-state index contributed by atoms with van der Waals surface area (Å²) in [4.78, 5) is 10.4. The molecule has 0 saturated carbocycles. The molecule has 0 bridgehead atoms. The molecule has 4 rings (SSSR count). The molecule has 2 aromatic heterocycles. The summed E-state index contributed by atoms with van der Waals surface area (Å²) in [5, 5.41) is 0. The molecule has 0 amide bonds. The van der Waals surface area contributed by atoms with Crippen molar-refractivity contribution in [3.05, 3.63) is 90.4 Å². The standard InChI is InChI=1S/C23H18F3N3O2/c1-30-20-10-4-16(5-11-20)15-29(19-3-2-12-27-13-19)22-28-14-21(31-22)17-6-8-18(9-7-17)23(24,25)26/h2-14H,15H2,1H3. The van der Waals surface area contributed by atoms with Crippen LogP contribution in [-0.4, -0.2) is 17.1 Å². The number of aromatic nitrogens is 2. The fourth-order valence-electron chi connectivity index (χ4n) is 3.04. The van der Waals surface area contributed by atoms with E-state index >= 15 is 0 Å². The molecule has 0 spiro atoms. The lowest BCUT2D eigenvalue weighted by atomic mass is 10.1. The van der Waals surface area contributed by atoms with Gasteiger partial charge in [-0.15, -0.1) is 0 Å². The summed E-state index contributed by atoms with van der Waals surface area (Å²) in [6.07, 6.45) is 0.458. The van der Waals surface area contributed by atoms with Crippen molar-refractivity contribution in [1.29, 1.82) is 0 Å². The Morgan fingerprint density at radius 3 is 2.32 bits per heavy atom. The zero-order chi connectivity index (χ0) is 21.8. The van der Waals surface area contributed by atoms with Gasteiger partial charge in [-0.1, -0.05) is 24.3 Å². The van der Waals surface area contributed by atoms with Crippen LogP contribution in [-0.2, 0) is 12.7 Å². The number of anilines is 2. The van der Waals surface area contributed by atoms with Crippen molar-refractivity contribution in [3.8, 4) is 17.1 Å². The van der Waals surface area contributed by atoms with Crippen LogP contribution in [0.4, 0.5) is 24.9 Å². The highest BCUT2D eigenvalue weighted by Crippen LogP contribution is 2.33. The predicted molar refractivity (Wildman–Crippen MR) is 110 cm³/mol. The Balaban J connectivity index is 1.64. The van der Waals surface area contributed by atoms with Crippen molar-refractivity contribution in [1.82, 2.24) is 9.97 Å². The van der Waals surface area contributed by atoms with E-state index in [4.69, 9.17) is 9.15 Å². The van der Waals surface area contributed by atoms with Gasteiger partial charge in [-0.25, -0.2) is 4.98 Å². The summed E-state index contributed by atoms with van der Waals surface area (Å²) in [7, 11) is 1.60. The normalized spacial score (nSPS) is 11.4. The number of ether oxygens (including phenoxy) is 1. The molecule has 0 unspecified atom stereocenters. The Morgan fingerprint density at radius 2 is 1.71 bits per heavy atom. The molecule has 0 fully saturated rings. The maximum absolute atomic E-state index is 12.8. The highest BCUT2D eigenvalue weighted by atomic mass is 19.4. The van der Waals surface area contributed by atoms with Crippen LogP contribution in [0.25, 0.3) is 11.3 Å². The first-order valence-electron chi connectivity index (χ1n) is 9.38. The molecule has 4 aromatic rings. The Bertz CT molecular complexity index is 1130. The lowest BCUT2D eigenvalue weighted by Crippen LogP contribution is -2.16. The van der Waals surface area contributed by atoms with Crippen molar-refractivity contribution < 1.29 is 22.3 Å². The lowest BCUT2D eigenvalue weighted by molar-refractivity contribution is -0.137. The minimum absolute atomic E-state index is 0.304. The maximum atomic E-state index is 12.8. The van der Waals surface area contributed by atoms with Gasteiger partial charge >= 0.3 is 12.2 Å². The molecule has 5 nitrogen and oxygen atoms in total. The summed E-state index contributed by atoms with van der Waals surface area (Å²) in [5.74, 6) is 1.12. The topological polar surface area (TPSA) is 51.4 Å². The second-order valence-electron chi connectivity index (χ2n) is 6.73. The van der Waals surface area contributed by atoms with Gasteiger partial charge in [0.25, 0.3) is 0 Å². The summed E-state index contributed by atoms with van der Waals surface area (Å²) < 4.78 is 49.6. The van der Waals surface area contributed by atoms with Crippen molar-refractivity contribution in [2.24, 2.45) is 0 Å². The summed E-state index contributed by atoms with van der Waals surface area (Å²) in [6, 6.07) is 16.3. The number of hydrogen-bond donors (Lipinski definition) is 0. The average molecular weight is 425 g/mol. The third kappa shape index (κ3) is 4.69. The van der Waals surface area contributed by atoms with Gasteiger partial charge in [0.05, 0.1) is 37.3 Å². The Labute approximate surface area is 176 Å². The number of alkyl halides is 3. The zero-order valence-corrected chi connectivity index (χ0v) is 16.5. The van der Waals surface area contributed by atoms with E-state index in [0.29, 0.717) is 23.9 Å². The lowest BCUT2D eigenvalue weighted by Gasteiger charge is -2.20. The van der Waals surface area contributed by atoms with Crippen LogP contribution in [0.2, 0.25) is 0 Å². The fourth-order valence-corrected chi connectivity index (χ4v) is 3.04. The van der Waals surface area contributed by atoms with Gasteiger partial charge in [-0.2, -0.15) is 13.2 Å². The minimum atomic E-state index is -4.39. The van der Waals surface area contributed by atoms with Gasteiger partial charge in [0.15, 0.2) is 5.76 Å². The molecule has 0 aliphatic heterocycles. The van der Waals surface area contributed by atoms with E-state index in [1.54, 1.807) is 25.6 Å². The van der Waals surface area contributed by atoms with Crippen molar-refractivity contribution >= 4 is 11.7 Å². The average Bonchev–Trinajstić information content (AvgIpc) is 3.28. The van der Waals surface area contributed by atoms with Crippen LogP contribution < -0.4 is 9.64 Å². The maximum Gasteiger partial charge on any atom is 0.416 e. The molecule has 0 saturated heterocycles. The van der Waals surface area contributed by atoms with Crippen molar-refractivity contribution in [2.45, 2.75) is 12.7 Å². The van der Waals surface area contributed by atoms with E-state index in [0.717, 1.165) is 29.1 Å². The van der Waals surface area contributed by atoms with Crippen LogP contribution in [0.5, 0.6) is 5.75 Å². The van der Waals surface area contributed by atoms with E-state index in [9.17, 15) is 13.2 Å². The third-order valence-corrected chi connectivity index (χ3v) is 4.68. The molecule has 0 aliphatic rings. The molecule has 31 heavy (non-hydrogen) atoms. The molecule has 0 N–H and O–H groups in total. The first-order valence-corrected chi connectivity index (χ1v) is 9.38. The number of nitrogens with zero attached hydrogens (tertiary/aromatic N) is 3. The number of hydrogen-bond acceptors (Lipinski definition) is 5. The largest absolute Gasteiger partial charge is 0.497 e. The van der Waals surface area contributed by atoms with Crippen LogP contribution in [0.15, 0.2) is 83.7 Å². The third-order valence-electron chi connectivity index (χ3n) is 4.68. The second kappa shape index (κ2) is 8.51. The van der Waals surface area contributed by atoms with E-state index < -0.39 is 11.7 Å². The summed E-state index contributed by atoms with van der Waals surface area (Å²) in [6.45, 7) is 0.447. The van der Waals surface area contributed by atoms with Crippen LogP contribution in [0.3, 0.4) is 0 Å². The Kier molecular flexibility index (Phi) is 5.62. The van der Waals surface area contributed by atoms with Crippen LogP contribution in [0, 0.1) is 0 Å². The number of oxazole rings is 1. The second-order valence-corrected chi connectivity index (χ2v) is 6.73. The Morgan fingerprint density at radius 1 is 0.968 bits per heavy atom. The van der Waals surface area contributed by atoms with Gasteiger partial charge in [-0.05, 0) is 42.0 Å². The molecular weight excluding hydrogens is 407 g/mol. The quantitative estimate of drug-likeness (QED) is 0.374.